The molecule has 1 saturated heterocycles. The molecule has 0 radical (unpaired) electrons. The second-order valence-electron chi connectivity index (χ2n) is 30.5. The van der Waals surface area contributed by atoms with Gasteiger partial charge in [-0.1, -0.05) is 147 Å². The SMILES string of the molecule is CN1CCN(c2ccc3nnn(Cc4ccc5ncccc5c4)c3n2)CC1.Clc1ccc2nnn(Cc3ccc4ncccc4c3)c2c1.OCCCc1ccc2nnn(Cc3ccc4ncccc4c3)c2n1.c1ccc(Cc2ccc3nnn(Cc4ccc5ncccc5c4)c3n2)cc1.c1ccc(Oc2ccc3nnn(Cc4ccc5ncccc5c4)c3n2)cc1. The molecule has 15 heterocycles. The van der Waals surface area contributed by atoms with Gasteiger partial charge in [0.25, 0.3) is 0 Å². The zero-order chi connectivity index (χ0) is 84.9. The molecule has 1 N–H and O–H groups in total. The number of rotatable bonds is 18. The Hall–Kier alpha value is -15.8. The van der Waals surface area contributed by atoms with Gasteiger partial charge in [0.15, 0.2) is 22.6 Å². The van der Waals surface area contributed by atoms with E-state index in [0.29, 0.717) is 55.7 Å². The largest absolute Gasteiger partial charge is 0.439 e. The molecule has 28 nitrogen and oxygen atoms in total. The maximum Gasteiger partial charge on any atom is 0.221 e. The smallest absolute Gasteiger partial charge is 0.221 e. The molecule has 0 atom stereocenters. The highest BCUT2D eigenvalue weighted by Gasteiger charge is 2.20. The summed E-state index contributed by atoms with van der Waals surface area (Å²) in [6.45, 7) is 7.38. The normalized spacial score (nSPS) is 12.2. The van der Waals surface area contributed by atoms with E-state index < -0.39 is 0 Å². The molecule has 0 aliphatic carbocycles. The predicted molar refractivity (Wildman–Crippen MR) is 489 cm³/mol. The molecule has 0 saturated carbocycles. The number of aliphatic hydroxyl groups excluding tert-OH is 1. The number of fused-ring (bicyclic) bond motifs is 10. The molecular formula is C97H81ClN26O2. The number of aryl methyl sites for hydroxylation is 1. The summed E-state index contributed by atoms with van der Waals surface area (Å²) >= 11 is 6.05. The van der Waals surface area contributed by atoms with Gasteiger partial charge in [-0.05, 0) is 217 Å². The molecule has 618 valence electrons. The van der Waals surface area contributed by atoms with Crippen LogP contribution in [0.3, 0.4) is 0 Å². The van der Waals surface area contributed by atoms with Crippen molar-refractivity contribution in [2.24, 2.45) is 0 Å². The third kappa shape index (κ3) is 19.0. The predicted octanol–water partition coefficient (Wildman–Crippen LogP) is 16.4. The highest BCUT2D eigenvalue weighted by Crippen LogP contribution is 2.28. The second-order valence-corrected chi connectivity index (χ2v) is 30.9. The number of nitrogens with zero attached hydrogens (tertiary/aromatic N) is 26. The summed E-state index contributed by atoms with van der Waals surface area (Å²) in [6.07, 6.45) is 11.3. The van der Waals surface area contributed by atoms with Crippen LogP contribution in [0.25, 0.3) is 110 Å². The van der Waals surface area contributed by atoms with E-state index in [2.05, 4.69) is 200 Å². The Morgan fingerprint density at radius 2 is 0.698 bits per heavy atom. The van der Waals surface area contributed by atoms with Crippen molar-refractivity contribution in [1.82, 2.24) is 125 Å². The monoisotopic (exact) mass is 1680 g/mol. The average Bonchev–Trinajstić information content (AvgIpc) is 1.67. The number of anilines is 1. The van der Waals surface area contributed by atoms with Crippen LogP contribution in [0, 0.1) is 0 Å². The lowest BCUT2D eigenvalue weighted by atomic mass is 10.1. The number of para-hydroxylation sites is 1. The van der Waals surface area contributed by atoms with Gasteiger partial charge < -0.3 is 19.6 Å². The number of ether oxygens (including phenoxy) is 1. The Kier molecular flexibility index (Phi) is 23.7. The first-order valence-electron chi connectivity index (χ1n) is 41.4. The van der Waals surface area contributed by atoms with Gasteiger partial charge in [0, 0.05) is 120 Å². The molecule has 29 heteroatoms. The van der Waals surface area contributed by atoms with Crippen molar-refractivity contribution in [2.45, 2.75) is 52.0 Å². The summed E-state index contributed by atoms with van der Waals surface area (Å²) in [5.41, 5.74) is 21.9. The van der Waals surface area contributed by atoms with Gasteiger partial charge >= 0.3 is 0 Å². The first-order valence-corrected chi connectivity index (χ1v) is 41.7. The Bertz CT molecular complexity index is 7370. The number of piperazine rings is 1. The molecule has 23 rings (SSSR count). The lowest BCUT2D eigenvalue weighted by molar-refractivity contribution is 0.288. The van der Waals surface area contributed by atoms with Gasteiger partial charge in [0.05, 0.1) is 65.8 Å². The van der Waals surface area contributed by atoms with E-state index in [9.17, 15) is 0 Å². The summed E-state index contributed by atoms with van der Waals surface area (Å²) < 4.78 is 15.0. The second kappa shape index (κ2) is 37.3. The minimum Gasteiger partial charge on any atom is -0.439 e. The average molecular weight is 1680 g/mol. The van der Waals surface area contributed by atoms with Crippen molar-refractivity contribution in [3.05, 3.63) is 360 Å². The molecule has 0 spiro atoms. The Labute approximate surface area is 726 Å². The fraction of sp³-hybridized carbons (Fsp3) is 0.144. The third-order valence-electron chi connectivity index (χ3n) is 21.6. The van der Waals surface area contributed by atoms with Gasteiger partial charge in [0.1, 0.15) is 39.2 Å². The summed E-state index contributed by atoms with van der Waals surface area (Å²) in [5, 5.41) is 57.7. The van der Waals surface area contributed by atoms with E-state index in [1.807, 2.05) is 207 Å². The van der Waals surface area contributed by atoms with Crippen molar-refractivity contribution >= 4 is 128 Å². The lowest BCUT2D eigenvalue weighted by Crippen LogP contribution is -2.44. The number of aliphatic hydroxyl groups is 1. The van der Waals surface area contributed by atoms with Crippen molar-refractivity contribution < 1.29 is 9.84 Å². The van der Waals surface area contributed by atoms with Crippen LogP contribution in [0.15, 0.2) is 310 Å². The summed E-state index contributed by atoms with van der Waals surface area (Å²) in [4.78, 5) is 45.4. The summed E-state index contributed by atoms with van der Waals surface area (Å²) in [6, 6.07) is 92.3. The van der Waals surface area contributed by atoms with Crippen LogP contribution in [0.4, 0.5) is 5.82 Å². The van der Waals surface area contributed by atoms with Crippen molar-refractivity contribution in [3.8, 4) is 11.6 Å². The lowest BCUT2D eigenvalue weighted by Gasteiger charge is -2.33. The third-order valence-corrected chi connectivity index (χ3v) is 21.8. The molecule has 22 aromatic rings. The number of likely N-dealkylation sites (N-methyl/N-ethyl adjacent to an activating group) is 1. The van der Waals surface area contributed by atoms with Crippen molar-refractivity contribution in [1.29, 1.82) is 0 Å². The first-order chi connectivity index (χ1) is 62.1. The molecule has 126 heavy (non-hydrogen) atoms. The standard InChI is InChI=1S/C22H17N5.C21H15N5O.C20H21N7.C18H17N5O.C16H11ClN4/c1-2-5-16(6-3-1)14-19-9-11-21-22(24-19)27(26-25-21)15-17-8-10-20-18(13-17)7-4-12-23-20;1-2-6-17(7-3-1)27-20-11-10-19-21(23-20)26(25-24-19)14-15-8-9-18-16(13-15)5-4-12-22-18;1-25-9-11-26(12-10-25)19-7-6-18-20(22-19)27(24-23-18)14-15-4-5-17-16(13-15)3-2-8-21-17;24-10-2-4-15-6-8-17-18(20-15)23(22-21-17)12-13-5-7-16-14(11-13)3-1-9-19-16;17-13-4-6-15-16(9-13)21(20-19-15)10-11-3-5-14-12(8-11)2-1-7-18-14/h1-13H,14-15H2;1-13H,14H2;2-8,13H,9-12,14H2,1H3;1,3,5-9,11,24H,2,4,10,12H2;1-9H,10H2. The topological polar surface area (TPSA) is 305 Å². The van der Waals surface area contributed by atoms with Crippen LogP contribution in [0.2, 0.25) is 5.02 Å². The van der Waals surface area contributed by atoms with Crippen LogP contribution >= 0.6 is 11.6 Å². The number of halogens is 1. The molecule has 1 aliphatic heterocycles. The van der Waals surface area contributed by atoms with Crippen LogP contribution in [-0.4, -0.2) is 170 Å². The number of hydrogen-bond donors (Lipinski definition) is 1. The van der Waals surface area contributed by atoms with Crippen LogP contribution < -0.4 is 9.64 Å². The number of benzene rings is 8. The van der Waals surface area contributed by atoms with Crippen molar-refractivity contribution in [3.63, 3.8) is 0 Å². The van der Waals surface area contributed by atoms with E-state index in [4.69, 9.17) is 31.4 Å². The highest BCUT2D eigenvalue weighted by molar-refractivity contribution is 6.31. The first kappa shape index (κ1) is 80.0. The highest BCUT2D eigenvalue weighted by atomic mass is 35.5. The molecule has 0 bridgehead atoms. The summed E-state index contributed by atoms with van der Waals surface area (Å²) in [5.74, 6) is 2.26. The van der Waals surface area contributed by atoms with Crippen LogP contribution in [0.1, 0.15) is 51.2 Å². The molecule has 1 fully saturated rings. The molecular weight excluding hydrogens is 1600 g/mol. The van der Waals surface area contributed by atoms with Gasteiger partial charge in [-0.2, -0.15) is 4.98 Å². The maximum atomic E-state index is 8.97. The van der Waals surface area contributed by atoms with E-state index in [0.717, 1.165) is 194 Å². The molecule has 14 aromatic heterocycles. The molecule has 0 amide bonds. The minimum atomic E-state index is 0.169. The fourth-order valence-corrected chi connectivity index (χ4v) is 15.3. The quantitative estimate of drug-likeness (QED) is 0.0834. The Balaban J connectivity index is 0.000000103. The molecule has 8 aromatic carbocycles. The number of aromatic nitrogens is 24. The summed E-state index contributed by atoms with van der Waals surface area (Å²) in [7, 11) is 2.16. The van der Waals surface area contributed by atoms with E-state index in [1.165, 1.54) is 5.56 Å². The molecule has 1 aliphatic rings. The number of hydrogen-bond acceptors (Lipinski definition) is 23. The Morgan fingerprint density at radius 1 is 0.325 bits per heavy atom. The van der Waals surface area contributed by atoms with E-state index in [-0.39, 0.29) is 6.61 Å². The van der Waals surface area contributed by atoms with Crippen molar-refractivity contribution in [2.75, 3.05) is 44.7 Å². The van der Waals surface area contributed by atoms with E-state index in [1.54, 1.807) is 29.3 Å². The maximum absolute atomic E-state index is 8.97. The van der Waals surface area contributed by atoms with Crippen LogP contribution in [-0.2, 0) is 45.6 Å². The van der Waals surface area contributed by atoms with Gasteiger partial charge in [-0.15, -0.1) is 25.5 Å². The molecule has 0 unspecified atom stereocenters. The zero-order valence-corrected chi connectivity index (χ0v) is 69.3. The van der Waals surface area contributed by atoms with Crippen LogP contribution in [0.5, 0.6) is 11.6 Å². The Morgan fingerprint density at radius 3 is 1.16 bits per heavy atom. The van der Waals surface area contributed by atoms with Gasteiger partial charge in [-0.25, -0.2) is 38.4 Å². The fourth-order valence-electron chi connectivity index (χ4n) is 15.1. The van der Waals surface area contributed by atoms with Gasteiger partial charge in [-0.3, -0.25) is 24.9 Å². The number of pyridine rings is 9. The zero-order valence-electron chi connectivity index (χ0n) is 68.5. The van der Waals surface area contributed by atoms with Gasteiger partial charge in [0.2, 0.25) is 5.88 Å². The van der Waals surface area contributed by atoms with E-state index >= 15 is 0 Å². The minimum absolute atomic E-state index is 0.169.